The van der Waals surface area contributed by atoms with E-state index in [1.807, 2.05) is 11.8 Å². The van der Waals surface area contributed by atoms with Crippen molar-refractivity contribution in [3.63, 3.8) is 0 Å². The molecule has 0 radical (unpaired) electrons. The van der Waals surface area contributed by atoms with Gasteiger partial charge in [-0.05, 0) is 18.6 Å². The molecule has 1 fully saturated rings. The number of anilines is 1. The zero-order valence-electron chi connectivity index (χ0n) is 10.5. The normalized spacial score (nSPS) is 18.6. The maximum absolute atomic E-state index is 11.9. The molecule has 1 aliphatic rings. The fraction of sp³-hybridized carbons (Fsp3) is 0.583. The van der Waals surface area contributed by atoms with Crippen molar-refractivity contribution in [3.8, 4) is 0 Å². The van der Waals surface area contributed by atoms with Gasteiger partial charge in [-0.2, -0.15) is 11.8 Å². The molecule has 0 bridgehead atoms. The van der Waals surface area contributed by atoms with Gasteiger partial charge in [0.25, 0.3) is 5.91 Å². The molecule has 18 heavy (non-hydrogen) atoms. The van der Waals surface area contributed by atoms with Gasteiger partial charge >= 0.3 is 0 Å². The van der Waals surface area contributed by atoms with Crippen LogP contribution in [0.5, 0.6) is 0 Å². The highest BCUT2D eigenvalue weighted by molar-refractivity contribution is 7.99. The average molecular weight is 266 g/mol. The van der Waals surface area contributed by atoms with E-state index < -0.39 is 0 Å². The smallest absolute Gasteiger partial charge is 0.271 e. The summed E-state index contributed by atoms with van der Waals surface area (Å²) in [6.45, 7) is 2.95. The summed E-state index contributed by atoms with van der Waals surface area (Å²) in [7, 11) is 0. The van der Waals surface area contributed by atoms with E-state index in [2.05, 4.69) is 27.5 Å². The third-order valence-electron chi connectivity index (χ3n) is 2.71. The van der Waals surface area contributed by atoms with Gasteiger partial charge in [-0.3, -0.25) is 4.79 Å². The van der Waals surface area contributed by atoms with Gasteiger partial charge < -0.3 is 10.6 Å². The number of thioether (sulfide) groups is 1. The Labute approximate surface area is 111 Å². The lowest BCUT2D eigenvalue weighted by Gasteiger charge is -2.10. The zero-order chi connectivity index (χ0) is 12.8. The van der Waals surface area contributed by atoms with Gasteiger partial charge in [0.1, 0.15) is 11.5 Å². The number of carbonyl (C=O) groups excluding carboxylic acids is 1. The first-order valence-electron chi connectivity index (χ1n) is 6.24. The van der Waals surface area contributed by atoms with Crippen LogP contribution < -0.4 is 10.6 Å². The second-order valence-electron chi connectivity index (χ2n) is 4.25. The fourth-order valence-corrected chi connectivity index (χ4v) is 2.85. The molecule has 98 valence electrons. The Balaban J connectivity index is 1.89. The van der Waals surface area contributed by atoms with Crippen molar-refractivity contribution in [1.29, 1.82) is 0 Å². The predicted molar refractivity (Wildman–Crippen MR) is 74.0 cm³/mol. The van der Waals surface area contributed by atoms with Crippen molar-refractivity contribution >= 4 is 23.5 Å². The molecule has 2 N–H and O–H groups in total. The Morgan fingerprint density at radius 2 is 2.39 bits per heavy atom. The molecule has 0 aliphatic carbocycles. The predicted octanol–water partition coefficient (Wildman–Crippen LogP) is 1.53. The van der Waals surface area contributed by atoms with E-state index in [4.69, 9.17) is 0 Å². The summed E-state index contributed by atoms with van der Waals surface area (Å²) in [6.07, 6.45) is 5.20. The molecule has 2 heterocycles. The third kappa shape index (κ3) is 3.60. The number of hydrogen-bond acceptors (Lipinski definition) is 5. The lowest BCUT2D eigenvalue weighted by Crippen LogP contribution is -2.35. The van der Waals surface area contributed by atoms with E-state index in [-0.39, 0.29) is 11.9 Å². The molecule has 1 saturated heterocycles. The molecule has 1 aromatic rings. The maximum Gasteiger partial charge on any atom is 0.271 e. The second kappa shape index (κ2) is 6.58. The molecule has 0 spiro atoms. The number of nitrogens with one attached hydrogen (secondary N) is 2. The van der Waals surface area contributed by atoms with Gasteiger partial charge in [0.05, 0.1) is 12.4 Å². The van der Waals surface area contributed by atoms with Gasteiger partial charge in [-0.25, -0.2) is 9.97 Å². The Bertz CT molecular complexity index is 390. The Morgan fingerprint density at radius 1 is 1.50 bits per heavy atom. The lowest BCUT2D eigenvalue weighted by molar-refractivity contribution is 0.0936. The highest BCUT2D eigenvalue weighted by atomic mass is 32.2. The molecule has 5 nitrogen and oxygen atoms in total. The van der Waals surface area contributed by atoms with E-state index in [0.717, 1.165) is 30.9 Å². The minimum Gasteiger partial charge on any atom is -0.369 e. The summed E-state index contributed by atoms with van der Waals surface area (Å²) in [5, 5.41) is 6.10. The summed E-state index contributed by atoms with van der Waals surface area (Å²) in [6, 6.07) is 0.280. The van der Waals surface area contributed by atoms with Crippen molar-refractivity contribution in [2.24, 2.45) is 0 Å². The molecule has 6 heteroatoms. The van der Waals surface area contributed by atoms with E-state index in [9.17, 15) is 4.79 Å². The van der Waals surface area contributed by atoms with Crippen LogP contribution in [0.2, 0.25) is 0 Å². The second-order valence-corrected chi connectivity index (χ2v) is 5.40. The third-order valence-corrected chi connectivity index (χ3v) is 3.87. The van der Waals surface area contributed by atoms with Gasteiger partial charge in [0.15, 0.2) is 0 Å². The molecular weight excluding hydrogens is 248 g/mol. The van der Waals surface area contributed by atoms with Crippen LogP contribution in [0.3, 0.4) is 0 Å². The minimum absolute atomic E-state index is 0.128. The van der Waals surface area contributed by atoms with E-state index in [0.29, 0.717) is 11.5 Å². The lowest BCUT2D eigenvalue weighted by atomic mass is 10.2. The van der Waals surface area contributed by atoms with Crippen molar-refractivity contribution in [2.75, 3.05) is 23.4 Å². The summed E-state index contributed by atoms with van der Waals surface area (Å²) < 4.78 is 0. The molecule has 1 aromatic heterocycles. The summed E-state index contributed by atoms with van der Waals surface area (Å²) in [5.41, 5.74) is 0.383. The topological polar surface area (TPSA) is 66.9 Å². The first kappa shape index (κ1) is 13.1. The van der Waals surface area contributed by atoms with Crippen LogP contribution in [-0.2, 0) is 0 Å². The van der Waals surface area contributed by atoms with Gasteiger partial charge in [-0.15, -0.1) is 0 Å². The van der Waals surface area contributed by atoms with E-state index >= 15 is 0 Å². The highest BCUT2D eigenvalue weighted by Gasteiger charge is 2.19. The molecule has 1 atom stereocenters. The van der Waals surface area contributed by atoms with Crippen LogP contribution in [0, 0.1) is 0 Å². The van der Waals surface area contributed by atoms with Crippen molar-refractivity contribution in [3.05, 3.63) is 18.1 Å². The molecular formula is C12H18N4OS. The van der Waals surface area contributed by atoms with Gasteiger partial charge in [0.2, 0.25) is 0 Å². The van der Waals surface area contributed by atoms with E-state index in [1.54, 1.807) is 6.20 Å². The van der Waals surface area contributed by atoms with Crippen LogP contribution in [-0.4, -0.2) is 40.0 Å². The largest absolute Gasteiger partial charge is 0.369 e. The van der Waals surface area contributed by atoms with Crippen LogP contribution in [0.15, 0.2) is 12.4 Å². The monoisotopic (exact) mass is 266 g/mol. The Morgan fingerprint density at radius 3 is 3.00 bits per heavy atom. The Kier molecular flexibility index (Phi) is 4.81. The number of rotatable bonds is 5. The molecule has 1 amide bonds. The molecule has 1 unspecified atom stereocenters. The highest BCUT2D eigenvalue weighted by Crippen LogP contribution is 2.17. The van der Waals surface area contributed by atoms with Crippen LogP contribution in [0.4, 0.5) is 5.82 Å². The molecule has 0 saturated carbocycles. The number of nitrogens with zero attached hydrogens (tertiary/aromatic N) is 2. The van der Waals surface area contributed by atoms with E-state index in [1.165, 1.54) is 6.20 Å². The summed E-state index contributed by atoms with van der Waals surface area (Å²) in [4.78, 5) is 20.2. The average Bonchev–Trinajstić information content (AvgIpc) is 2.89. The van der Waals surface area contributed by atoms with Gasteiger partial charge in [0, 0.05) is 18.3 Å². The number of amides is 1. The molecule has 2 rings (SSSR count). The standard InChI is InChI=1S/C12H18N4OS/c1-2-4-13-11-7-14-10(6-15-11)12(17)16-9-3-5-18-8-9/h6-7,9H,2-5,8H2,1H3,(H,13,15)(H,16,17). The maximum atomic E-state index is 11.9. The van der Waals surface area contributed by atoms with Crippen molar-refractivity contribution in [2.45, 2.75) is 25.8 Å². The number of carbonyl (C=O) groups is 1. The molecule has 0 aromatic carbocycles. The SMILES string of the molecule is CCCNc1cnc(C(=O)NC2CCSC2)cn1. The Hall–Kier alpha value is -1.30. The number of aromatic nitrogens is 2. The summed E-state index contributed by atoms with van der Waals surface area (Å²) in [5.74, 6) is 2.70. The minimum atomic E-state index is -0.128. The molecule has 1 aliphatic heterocycles. The van der Waals surface area contributed by atoms with Crippen molar-refractivity contribution < 1.29 is 4.79 Å². The number of hydrogen-bond donors (Lipinski definition) is 2. The fourth-order valence-electron chi connectivity index (χ4n) is 1.70. The van der Waals surface area contributed by atoms with Crippen LogP contribution >= 0.6 is 11.8 Å². The summed E-state index contributed by atoms with van der Waals surface area (Å²) >= 11 is 1.87. The first-order chi connectivity index (χ1) is 8.79. The van der Waals surface area contributed by atoms with Crippen LogP contribution in [0.25, 0.3) is 0 Å². The first-order valence-corrected chi connectivity index (χ1v) is 7.39. The quantitative estimate of drug-likeness (QED) is 0.846. The van der Waals surface area contributed by atoms with Crippen molar-refractivity contribution in [1.82, 2.24) is 15.3 Å². The zero-order valence-corrected chi connectivity index (χ0v) is 11.3. The van der Waals surface area contributed by atoms with Crippen LogP contribution in [0.1, 0.15) is 30.3 Å². The van der Waals surface area contributed by atoms with Gasteiger partial charge in [-0.1, -0.05) is 6.92 Å².